The van der Waals surface area contributed by atoms with E-state index < -0.39 is 0 Å². The summed E-state index contributed by atoms with van der Waals surface area (Å²) >= 11 is 2.08. The third-order valence-electron chi connectivity index (χ3n) is 4.23. The molecular weight excluding hydrogens is 427 g/mol. The molecule has 0 saturated heterocycles. The topological polar surface area (TPSA) is 29.5 Å². The zero-order valence-electron chi connectivity index (χ0n) is 18.9. The Bertz CT molecular complexity index is 682. The minimum atomic E-state index is 0. The summed E-state index contributed by atoms with van der Waals surface area (Å²) in [5.41, 5.74) is 5.35. The number of benzene rings is 1. The fourth-order valence-electron chi connectivity index (χ4n) is 2.30. The minimum absolute atomic E-state index is 0. The van der Waals surface area contributed by atoms with Crippen LogP contribution in [0, 0.1) is 12.0 Å². The Morgan fingerprint density at radius 1 is 1.07 bits per heavy atom. The van der Waals surface area contributed by atoms with Crippen LogP contribution in [0.15, 0.2) is 34.9 Å². The number of rotatable bonds is 1. The maximum atomic E-state index is 9.41. The van der Waals surface area contributed by atoms with Gasteiger partial charge in [-0.25, -0.2) is 5.57 Å². The van der Waals surface area contributed by atoms with Crippen molar-refractivity contribution in [2.75, 3.05) is 7.11 Å². The molecule has 0 aromatic heterocycles. The molecule has 0 aliphatic heterocycles. The SMILES string of the molecule is CC1=[C-]C(C)C(C)=C1C.COc1cc(O)cc(C(C)(C)C)c1.C[C](C)=[Ti+].[Cl-].[Cl-]. The van der Waals surface area contributed by atoms with Crippen LogP contribution in [0.3, 0.4) is 0 Å². The molecule has 2 nitrogen and oxygen atoms in total. The smallest absolute Gasteiger partial charge is 1.00 e. The number of halogens is 2. The predicted molar refractivity (Wildman–Crippen MR) is 110 cm³/mol. The Kier molecular flexibility index (Phi) is 16.6. The van der Waals surface area contributed by atoms with Gasteiger partial charge >= 0.3 is 37.6 Å². The van der Waals surface area contributed by atoms with Crippen LogP contribution >= 0.6 is 0 Å². The van der Waals surface area contributed by atoms with Crippen molar-refractivity contribution in [2.45, 2.75) is 67.7 Å². The number of ether oxygens (including phenoxy) is 1. The monoisotopic (exact) mass is 461 g/mol. The van der Waals surface area contributed by atoms with Crippen LogP contribution in [-0.4, -0.2) is 16.0 Å². The van der Waals surface area contributed by atoms with Gasteiger partial charge in [0.2, 0.25) is 0 Å². The first-order valence-corrected chi connectivity index (χ1v) is 9.75. The Hall–Kier alpha value is -0.536. The fourth-order valence-corrected chi connectivity index (χ4v) is 2.30. The molecule has 5 heteroatoms. The maximum absolute atomic E-state index is 9.41. The maximum Gasteiger partial charge on any atom is -1.00 e. The predicted octanol–water partition coefficient (Wildman–Crippen LogP) is 0.174. The number of hydrogen-bond donors (Lipinski definition) is 1. The van der Waals surface area contributed by atoms with E-state index in [1.54, 1.807) is 19.2 Å². The van der Waals surface area contributed by atoms with E-state index in [-0.39, 0.29) is 36.0 Å². The summed E-state index contributed by atoms with van der Waals surface area (Å²) in [6.45, 7) is 19.1. The van der Waals surface area contributed by atoms with Crippen molar-refractivity contribution in [3.05, 3.63) is 46.6 Å². The first-order chi connectivity index (χ1) is 11.8. The zero-order chi connectivity index (χ0) is 20.7. The molecule has 0 amide bonds. The summed E-state index contributed by atoms with van der Waals surface area (Å²) in [7, 11) is 1.60. The van der Waals surface area contributed by atoms with Gasteiger partial charge in [-0.1, -0.05) is 47.5 Å². The molecule has 1 N–H and O–H groups in total. The summed E-state index contributed by atoms with van der Waals surface area (Å²) in [6.07, 6.45) is 3.36. The van der Waals surface area contributed by atoms with Gasteiger partial charge in [0, 0.05) is 6.07 Å². The standard InChI is InChI=1S/C11H16O2.C9H13.C3H6.2ClH.Ti/c1-11(2,3)8-5-9(12)7-10(6-8)13-4;1-6-5-7(2)9(4)8(6)3;1-3-2;;;/h5-7,12H,1-4H3;6H,1-4H3;1-2H3;2*1H;/q;-1;;;;+1/p-2. The number of aromatic hydroxyl groups is 1. The van der Waals surface area contributed by atoms with Gasteiger partial charge in [-0.3, -0.25) is 6.08 Å². The van der Waals surface area contributed by atoms with Gasteiger partial charge in [0.05, 0.1) is 7.11 Å². The molecule has 0 spiro atoms. The molecule has 1 atom stereocenters. The van der Waals surface area contributed by atoms with E-state index in [2.05, 4.69) is 88.4 Å². The van der Waals surface area contributed by atoms with Crippen LogP contribution in [0.25, 0.3) is 0 Å². The molecule has 159 valence electrons. The summed E-state index contributed by atoms with van der Waals surface area (Å²) in [4.78, 5) is 0. The minimum Gasteiger partial charge on any atom is -1.00 e. The largest absolute Gasteiger partial charge is 1.00 e. The third kappa shape index (κ3) is 12.1. The molecule has 28 heavy (non-hydrogen) atoms. The second-order valence-corrected chi connectivity index (χ2v) is 9.53. The Morgan fingerprint density at radius 3 is 1.79 bits per heavy atom. The van der Waals surface area contributed by atoms with E-state index in [0.29, 0.717) is 11.7 Å². The first-order valence-electron chi connectivity index (χ1n) is 8.97. The summed E-state index contributed by atoms with van der Waals surface area (Å²) in [6, 6.07) is 5.32. The zero-order valence-corrected chi connectivity index (χ0v) is 22.0. The Morgan fingerprint density at radius 2 is 1.54 bits per heavy atom. The summed E-state index contributed by atoms with van der Waals surface area (Å²) in [5, 5.41) is 9.41. The Balaban J connectivity index is -0.000000366. The molecule has 0 saturated carbocycles. The third-order valence-corrected chi connectivity index (χ3v) is 4.23. The van der Waals surface area contributed by atoms with Crippen LogP contribution in [0.1, 0.15) is 67.9 Å². The first kappa shape index (κ1) is 32.1. The molecule has 1 unspecified atom stereocenters. The molecule has 2 rings (SSSR count). The van der Waals surface area contributed by atoms with Crippen molar-refractivity contribution >= 4 is 3.81 Å². The van der Waals surface area contributed by atoms with Crippen LogP contribution in [0.2, 0.25) is 0 Å². The number of allylic oxidation sites excluding steroid dienone is 4. The second kappa shape index (κ2) is 14.4. The van der Waals surface area contributed by atoms with Crippen LogP contribution in [-0.2, 0) is 25.4 Å². The van der Waals surface area contributed by atoms with Gasteiger partial charge < -0.3 is 34.7 Å². The molecule has 0 fully saturated rings. The average molecular weight is 462 g/mol. The van der Waals surface area contributed by atoms with Gasteiger partial charge in [-0.15, -0.1) is 6.92 Å². The summed E-state index contributed by atoms with van der Waals surface area (Å²) < 4.78 is 6.49. The van der Waals surface area contributed by atoms with Crippen molar-refractivity contribution in [3.8, 4) is 11.5 Å². The van der Waals surface area contributed by atoms with E-state index in [9.17, 15) is 5.11 Å². The van der Waals surface area contributed by atoms with Gasteiger partial charge in [0.15, 0.2) is 0 Å². The van der Waals surface area contributed by atoms with Crippen LogP contribution in [0.5, 0.6) is 11.5 Å². The normalized spacial score (nSPS) is 15.0. The van der Waals surface area contributed by atoms with Crippen molar-refractivity contribution < 1.29 is 54.6 Å². The number of phenols is 1. The quantitative estimate of drug-likeness (QED) is 0.477. The van der Waals surface area contributed by atoms with Crippen LogP contribution in [0.4, 0.5) is 0 Å². The van der Waals surface area contributed by atoms with Crippen molar-refractivity contribution in [1.82, 2.24) is 0 Å². The van der Waals surface area contributed by atoms with Gasteiger partial charge in [0.25, 0.3) is 0 Å². The summed E-state index contributed by atoms with van der Waals surface area (Å²) in [5.74, 6) is 1.51. The van der Waals surface area contributed by atoms with E-state index in [4.69, 9.17) is 4.74 Å². The van der Waals surface area contributed by atoms with Crippen molar-refractivity contribution in [3.63, 3.8) is 0 Å². The van der Waals surface area contributed by atoms with Gasteiger partial charge in [0.1, 0.15) is 11.5 Å². The van der Waals surface area contributed by atoms with Crippen LogP contribution < -0.4 is 29.6 Å². The molecule has 1 aromatic carbocycles. The average Bonchev–Trinajstić information content (AvgIpc) is 2.72. The van der Waals surface area contributed by atoms with Gasteiger partial charge in [-0.05, 0) is 23.1 Å². The van der Waals surface area contributed by atoms with E-state index in [1.807, 2.05) is 6.07 Å². The molecule has 0 heterocycles. The molecule has 0 bridgehead atoms. The molecule has 1 aromatic rings. The second-order valence-electron chi connectivity index (χ2n) is 7.97. The molecular formula is C23H35Cl2O2Ti-2. The number of methoxy groups -OCH3 is 1. The molecule has 0 radical (unpaired) electrons. The van der Waals surface area contributed by atoms with E-state index >= 15 is 0 Å². The Labute approximate surface area is 196 Å². The molecule has 1 aliphatic carbocycles. The van der Waals surface area contributed by atoms with E-state index in [1.165, 1.54) is 20.5 Å². The van der Waals surface area contributed by atoms with Crippen molar-refractivity contribution in [2.24, 2.45) is 5.92 Å². The molecule has 1 aliphatic rings. The fraction of sp³-hybridized carbons (Fsp3) is 0.522. The van der Waals surface area contributed by atoms with Gasteiger partial charge in [-0.2, -0.15) is 11.1 Å². The number of hydrogen-bond acceptors (Lipinski definition) is 2. The van der Waals surface area contributed by atoms with E-state index in [0.717, 1.165) is 5.56 Å². The van der Waals surface area contributed by atoms with Crippen molar-refractivity contribution in [1.29, 1.82) is 0 Å². The number of phenolic OH excluding ortho intramolecular Hbond substituents is 1.